The first-order valence-electron chi connectivity index (χ1n) is 5.18. The maximum Gasteiger partial charge on any atom is 0.249 e. The van der Waals surface area contributed by atoms with E-state index < -0.39 is 12.6 Å². The van der Waals surface area contributed by atoms with Crippen LogP contribution >= 0.6 is 0 Å². The van der Waals surface area contributed by atoms with Gasteiger partial charge in [-0.2, -0.15) is 0 Å². The molecule has 0 radical (unpaired) electrons. The third kappa shape index (κ3) is 2.27. The van der Waals surface area contributed by atoms with Crippen LogP contribution in [0.5, 0.6) is 0 Å². The van der Waals surface area contributed by atoms with Gasteiger partial charge in [-0.15, -0.1) is 0 Å². The van der Waals surface area contributed by atoms with Crippen LogP contribution in [-0.2, 0) is 6.67 Å². The molecule has 18 heavy (non-hydrogen) atoms. The first-order chi connectivity index (χ1) is 8.61. The van der Waals surface area contributed by atoms with E-state index in [0.717, 1.165) is 0 Å². The summed E-state index contributed by atoms with van der Waals surface area (Å²) in [6, 6.07) is 4.70. The Morgan fingerprint density at radius 3 is 2.44 bits per heavy atom. The lowest BCUT2D eigenvalue weighted by molar-refractivity contribution is 0.0998. The van der Waals surface area contributed by atoms with Crippen molar-refractivity contribution in [3.05, 3.63) is 41.7 Å². The van der Waals surface area contributed by atoms with Gasteiger partial charge in [0, 0.05) is 23.5 Å². The topological polar surface area (TPSA) is 94.9 Å². The van der Waals surface area contributed by atoms with Crippen molar-refractivity contribution >= 4 is 11.9 Å². The molecule has 0 aliphatic rings. The lowest BCUT2D eigenvalue weighted by Gasteiger charge is -2.06. The van der Waals surface area contributed by atoms with Gasteiger partial charge < -0.3 is 11.5 Å². The van der Waals surface area contributed by atoms with Crippen LogP contribution in [0, 0.1) is 0 Å². The minimum atomic E-state index is -0.762. The highest BCUT2D eigenvalue weighted by molar-refractivity contribution is 5.95. The first kappa shape index (κ1) is 12.0. The van der Waals surface area contributed by atoms with E-state index in [9.17, 15) is 9.18 Å². The normalized spacial score (nSPS) is 10.3. The largest absolute Gasteiger partial charge is 0.368 e. The highest BCUT2D eigenvalue weighted by Crippen LogP contribution is 2.22. The Morgan fingerprint density at radius 1 is 1.22 bits per heavy atom. The molecule has 0 saturated heterocycles. The molecule has 0 unspecified atom stereocenters. The average molecular weight is 246 g/mol. The average Bonchev–Trinajstić information content (AvgIpc) is 2.38. The van der Waals surface area contributed by atoms with Gasteiger partial charge in [-0.25, -0.2) is 14.4 Å². The van der Waals surface area contributed by atoms with E-state index in [-0.39, 0.29) is 17.1 Å². The van der Waals surface area contributed by atoms with Gasteiger partial charge in [0.25, 0.3) is 0 Å². The molecule has 0 atom stereocenters. The van der Waals surface area contributed by atoms with E-state index in [2.05, 4.69) is 9.97 Å². The molecule has 2 aromatic rings. The number of halogens is 1. The molecule has 0 saturated carbocycles. The Kier molecular flexibility index (Phi) is 3.18. The number of hydrogen-bond acceptors (Lipinski definition) is 4. The molecule has 92 valence electrons. The molecule has 5 nitrogen and oxygen atoms in total. The van der Waals surface area contributed by atoms with Gasteiger partial charge in [0.15, 0.2) is 0 Å². The van der Waals surface area contributed by atoms with Gasteiger partial charge >= 0.3 is 0 Å². The molecule has 1 aromatic heterocycles. The predicted molar refractivity (Wildman–Crippen MR) is 65.2 cm³/mol. The van der Waals surface area contributed by atoms with Crippen LogP contribution in [0.25, 0.3) is 11.1 Å². The number of aromatic nitrogens is 2. The molecule has 0 bridgehead atoms. The molecule has 0 aliphatic carbocycles. The molecule has 0 fully saturated rings. The molecule has 2 rings (SSSR count). The van der Waals surface area contributed by atoms with Gasteiger partial charge in [0.2, 0.25) is 11.9 Å². The van der Waals surface area contributed by atoms with Crippen LogP contribution in [0.2, 0.25) is 0 Å². The summed E-state index contributed by atoms with van der Waals surface area (Å²) in [7, 11) is 0. The lowest BCUT2D eigenvalue weighted by Crippen LogP contribution is -2.13. The highest BCUT2D eigenvalue weighted by atomic mass is 19.1. The molecule has 0 aliphatic heterocycles. The van der Waals surface area contributed by atoms with Crippen molar-refractivity contribution in [2.24, 2.45) is 5.73 Å². The third-order valence-corrected chi connectivity index (χ3v) is 2.52. The summed E-state index contributed by atoms with van der Waals surface area (Å²) in [6.45, 7) is -0.762. The standard InChI is InChI=1S/C12H11FN4O/c13-4-8-3-7(1-2-10(8)11(14)18)9-5-16-12(15)17-6-9/h1-3,5-6H,4H2,(H2,14,18)(H2,15,16,17). The first-order valence-corrected chi connectivity index (χ1v) is 5.18. The number of primary amides is 1. The molecule has 6 heteroatoms. The number of nitrogen functional groups attached to an aromatic ring is 1. The fourth-order valence-corrected chi connectivity index (χ4v) is 1.61. The van der Waals surface area contributed by atoms with E-state index >= 15 is 0 Å². The number of carbonyl (C=O) groups excluding carboxylic acids is 1. The molecular weight excluding hydrogens is 235 g/mol. The number of hydrogen-bond donors (Lipinski definition) is 2. The summed E-state index contributed by atoms with van der Waals surface area (Å²) >= 11 is 0. The van der Waals surface area contributed by atoms with Crippen molar-refractivity contribution in [2.45, 2.75) is 6.67 Å². The summed E-state index contributed by atoms with van der Waals surface area (Å²) in [4.78, 5) is 18.8. The van der Waals surface area contributed by atoms with Gasteiger partial charge in [0.05, 0.1) is 0 Å². The van der Waals surface area contributed by atoms with E-state index in [0.29, 0.717) is 11.1 Å². The van der Waals surface area contributed by atoms with Gasteiger partial charge in [-0.1, -0.05) is 6.07 Å². The fraction of sp³-hybridized carbons (Fsp3) is 0.0833. The van der Waals surface area contributed by atoms with E-state index in [1.165, 1.54) is 18.5 Å². The second-order valence-electron chi connectivity index (χ2n) is 3.70. The van der Waals surface area contributed by atoms with Gasteiger partial charge in [0.1, 0.15) is 6.67 Å². The van der Waals surface area contributed by atoms with Crippen LogP contribution in [-0.4, -0.2) is 15.9 Å². The minimum Gasteiger partial charge on any atom is -0.368 e. The maximum atomic E-state index is 12.8. The molecule has 4 N–H and O–H groups in total. The molecule has 0 spiro atoms. The van der Waals surface area contributed by atoms with Crippen LogP contribution in [0.1, 0.15) is 15.9 Å². The quantitative estimate of drug-likeness (QED) is 0.853. The number of carbonyl (C=O) groups is 1. The van der Waals surface area contributed by atoms with Gasteiger partial charge in [-0.3, -0.25) is 4.79 Å². The summed E-state index contributed by atoms with van der Waals surface area (Å²) in [6.07, 6.45) is 3.06. The van der Waals surface area contributed by atoms with Crippen molar-refractivity contribution in [2.75, 3.05) is 5.73 Å². The van der Waals surface area contributed by atoms with Crippen molar-refractivity contribution in [1.82, 2.24) is 9.97 Å². The lowest BCUT2D eigenvalue weighted by atomic mass is 10.0. The number of rotatable bonds is 3. The number of anilines is 1. The molecule has 1 heterocycles. The summed E-state index contributed by atoms with van der Waals surface area (Å²) < 4.78 is 12.8. The summed E-state index contributed by atoms with van der Waals surface area (Å²) in [5.74, 6) is -0.485. The minimum absolute atomic E-state index is 0.165. The zero-order valence-electron chi connectivity index (χ0n) is 9.43. The van der Waals surface area contributed by atoms with E-state index in [1.807, 2.05) is 0 Å². The van der Waals surface area contributed by atoms with Crippen LogP contribution in [0.4, 0.5) is 10.3 Å². The second kappa shape index (κ2) is 4.79. The number of amides is 1. The smallest absolute Gasteiger partial charge is 0.249 e. The Balaban J connectivity index is 2.47. The van der Waals surface area contributed by atoms with Crippen molar-refractivity contribution in [3.63, 3.8) is 0 Å². The van der Waals surface area contributed by atoms with Crippen LogP contribution in [0.15, 0.2) is 30.6 Å². The number of alkyl halides is 1. The zero-order chi connectivity index (χ0) is 13.1. The summed E-state index contributed by atoms with van der Waals surface area (Å²) in [5.41, 5.74) is 12.3. The molecule has 1 amide bonds. The SMILES string of the molecule is NC(=O)c1ccc(-c2cnc(N)nc2)cc1CF. The van der Waals surface area contributed by atoms with E-state index in [1.54, 1.807) is 12.1 Å². The highest BCUT2D eigenvalue weighted by Gasteiger charge is 2.10. The zero-order valence-corrected chi connectivity index (χ0v) is 9.43. The van der Waals surface area contributed by atoms with Crippen LogP contribution in [0.3, 0.4) is 0 Å². The Hall–Kier alpha value is -2.50. The molecule has 1 aromatic carbocycles. The van der Waals surface area contributed by atoms with E-state index in [4.69, 9.17) is 11.5 Å². The predicted octanol–water partition coefficient (Wildman–Crippen LogP) is 1.29. The number of benzene rings is 1. The monoisotopic (exact) mass is 246 g/mol. The molecular formula is C12H11FN4O. The van der Waals surface area contributed by atoms with Crippen molar-refractivity contribution < 1.29 is 9.18 Å². The summed E-state index contributed by atoms with van der Waals surface area (Å²) in [5, 5.41) is 0. The van der Waals surface area contributed by atoms with Crippen LogP contribution < -0.4 is 11.5 Å². The Bertz CT molecular complexity index is 583. The fourth-order valence-electron chi connectivity index (χ4n) is 1.61. The Labute approximate surface area is 103 Å². The third-order valence-electron chi connectivity index (χ3n) is 2.52. The second-order valence-corrected chi connectivity index (χ2v) is 3.70. The van der Waals surface area contributed by atoms with Gasteiger partial charge in [-0.05, 0) is 23.3 Å². The maximum absolute atomic E-state index is 12.8. The number of nitrogens with zero attached hydrogens (tertiary/aromatic N) is 2. The Morgan fingerprint density at radius 2 is 1.89 bits per heavy atom. The van der Waals surface area contributed by atoms with Crippen molar-refractivity contribution in [3.8, 4) is 11.1 Å². The van der Waals surface area contributed by atoms with Crippen molar-refractivity contribution in [1.29, 1.82) is 0 Å². The number of nitrogens with two attached hydrogens (primary N) is 2.